The molecule has 0 radical (unpaired) electrons. The van der Waals surface area contributed by atoms with Crippen molar-refractivity contribution >= 4 is 5.84 Å². The molecule has 37 heavy (non-hydrogen) atoms. The number of hydrogen-bond donors (Lipinski definition) is 1. The summed E-state index contributed by atoms with van der Waals surface area (Å²) in [7, 11) is 0. The van der Waals surface area contributed by atoms with Crippen LogP contribution in [0.25, 0.3) is 11.1 Å². The summed E-state index contributed by atoms with van der Waals surface area (Å²) in [6, 6.07) is 17.2. The zero-order chi connectivity index (χ0) is 24.9. The molecule has 0 unspecified atom stereocenters. The van der Waals surface area contributed by atoms with E-state index in [1.54, 1.807) is 0 Å². The van der Waals surface area contributed by atoms with Crippen molar-refractivity contribution in [2.75, 3.05) is 39.3 Å². The molecule has 2 aromatic carbocycles. The molecule has 1 N–H and O–H groups in total. The lowest BCUT2D eigenvalue weighted by Gasteiger charge is -2.37. The van der Waals surface area contributed by atoms with E-state index in [9.17, 15) is 0 Å². The van der Waals surface area contributed by atoms with E-state index in [-0.39, 0.29) is 6.41 Å². The standard InChI is InChI=1S/C30H38N4O3/c1-4-16-33(17-5-1)18-19-35-27-11-7-10-26(21-27)25-9-6-8-24(20-25)22-31-15-13-30-23-34(29(36-30)37-30)28-12-2-3-14-32-28/h3,6-11,14,20-21,29,31H,1-2,4-5,12-13,15-19,22-23H2. The van der Waals surface area contributed by atoms with Gasteiger partial charge in [0.1, 0.15) is 18.2 Å². The van der Waals surface area contributed by atoms with Gasteiger partial charge in [0, 0.05) is 38.7 Å². The van der Waals surface area contributed by atoms with E-state index < -0.39 is 5.79 Å². The summed E-state index contributed by atoms with van der Waals surface area (Å²) in [5.41, 5.74) is 3.66. The maximum Gasteiger partial charge on any atom is 0.246 e. The van der Waals surface area contributed by atoms with Crippen LogP contribution in [0.5, 0.6) is 5.75 Å². The maximum atomic E-state index is 6.10. The zero-order valence-electron chi connectivity index (χ0n) is 21.6. The number of piperidine rings is 1. The van der Waals surface area contributed by atoms with Crippen LogP contribution in [0, 0.1) is 0 Å². The molecule has 2 aromatic rings. The molecule has 0 atom stereocenters. The van der Waals surface area contributed by atoms with Gasteiger partial charge in [-0.1, -0.05) is 42.8 Å². The number of allylic oxidation sites excluding steroid dienone is 1. The highest BCUT2D eigenvalue weighted by atomic mass is 16.9. The molecule has 7 rings (SSSR count). The van der Waals surface area contributed by atoms with E-state index >= 15 is 0 Å². The van der Waals surface area contributed by atoms with E-state index in [1.807, 2.05) is 6.20 Å². The molecule has 0 aromatic heterocycles. The number of aliphatic imine (C=N–C) groups is 1. The normalized spacial score (nSPS) is 25.1. The van der Waals surface area contributed by atoms with Crippen LogP contribution in [0.4, 0.5) is 0 Å². The Balaban J connectivity index is 0.969. The molecule has 7 heteroatoms. The number of rotatable bonds is 10. The largest absolute Gasteiger partial charge is 0.492 e. The molecule has 7 nitrogen and oxygen atoms in total. The summed E-state index contributed by atoms with van der Waals surface area (Å²) < 4.78 is 18.2. The van der Waals surface area contributed by atoms with E-state index in [0.717, 1.165) is 63.6 Å². The van der Waals surface area contributed by atoms with Crippen molar-refractivity contribution in [1.82, 2.24) is 15.1 Å². The molecule has 0 saturated carbocycles. The first-order chi connectivity index (χ1) is 18.3. The van der Waals surface area contributed by atoms with Crippen LogP contribution in [0.2, 0.25) is 0 Å². The second-order valence-electron chi connectivity index (χ2n) is 10.5. The third-order valence-corrected chi connectivity index (χ3v) is 7.72. The van der Waals surface area contributed by atoms with Gasteiger partial charge in [-0.3, -0.25) is 4.90 Å². The summed E-state index contributed by atoms with van der Waals surface area (Å²) in [4.78, 5) is 9.18. The monoisotopic (exact) mass is 502 g/mol. The van der Waals surface area contributed by atoms with Gasteiger partial charge >= 0.3 is 0 Å². The predicted molar refractivity (Wildman–Crippen MR) is 145 cm³/mol. The number of likely N-dealkylation sites (tertiary alicyclic amines) is 1. The molecule has 2 bridgehead atoms. The SMILES string of the molecule is C1=CN=C(N2CC3(CCNCc4cccc(-c5cccc(OCCN6CCCCC6)c5)c4)OC2O3)CC1. The smallest absolute Gasteiger partial charge is 0.246 e. The molecule has 0 spiro atoms. The van der Waals surface area contributed by atoms with E-state index in [1.165, 1.54) is 49.0 Å². The van der Waals surface area contributed by atoms with Gasteiger partial charge in [0.25, 0.3) is 0 Å². The lowest BCUT2D eigenvalue weighted by Crippen LogP contribution is -2.49. The van der Waals surface area contributed by atoms with E-state index in [0.29, 0.717) is 0 Å². The molecule has 5 heterocycles. The second-order valence-corrected chi connectivity index (χ2v) is 10.5. The minimum absolute atomic E-state index is 0.258. The molecule has 5 aliphatic rings. The molecule has 5 aliphatic heterocycles. The Hall–Kier alpha value is -2.71. The minimum Gasteiger partial charge on any atom is -0.492 e. The summed E-state index contributed by atoms with van der Waals surface area (Å²) in [5.74, 6) is 1.53. The number of fused-ring (bicyclic) bond motifs is 1. The lowest BCUT2D eigenvalue weighted by atomic mass is 10.0. The number of nitrogens with zero attached hydrogens (tertiary/aromatic N) is 3. The van der Waals surface area contributed by atoms with Crippen LogP contribution < -0.4 is 10.1 Å². The molecule has 4 saturated heterocycles. The molecule has 0 aliphatic carbocycles. The summed E-state index contributed by atoms with van der Waals surface area (Å²) in [5, 5.41) is 3.57. The number of benzene rings is 2. The Bertz CT molecular complexity index is 1120. The summed E-state index contributed by atoms with van der Waals surface area (Å²) in [6.45, 7) is 6.56. The average molecular weight is 503 g/mol. The van der Waals surface area contributed by atoms with Crippen LogP contribution in [-0.2, 0) is 16.0 Å². The molecular formula is C30H38N4O3. The van der Waals surface area contributed by atoms with Gasteiger partial charge < -0.3 is 24.4 Å². The Labute approximate surface area is 220 Å². The molecule has 196 valence electrons. The highest BCUT2D eigenvalue weighted by molar-refractivity contribution is 5.84. The Morgan fingerprint density at radius 3 is 2.70 bits per heavy atom. The molecular weight excluding hydrogens is 464 g/mol. The van der Waals surface area contributed by atoms with Gasteiger partial charge in [-0.2, -0.15) is 0 Å². The lowest BCUT2D eigenvalue weighted by molar-refractivity contribution is -0.418. The van der Waals surface area contributed by atoms with Crippen molar-refractivity contribution in [1.29, 1.82) is 0 Å². The van der Waals surface area contributed by atoms with Gasteiger partial charge in [0.15, 0.2) is 5.79 Å². The van der Waals surface area contributed by atoms with Gasteiger partial charge in [-0.05, 0) is 67.2 Å². The average Bonchev–Trinajstić information content (AvgIpc) is 3.49. The zero-order valence-corrected chi connectivity index (χ0v) is 21.6. The van der Waals surface area contributed by atoms with Crippen molar-refractivity contribution in [3.05, 3.63) is 66.4 Å². The fraction of sp³-hybridized carbons (Fsp3) is 0.500. The van der Waals surface area contributed by atoms with Crippen LogP contribution >= 0.6 is 0 Å². The predicted octanol–water partition coefficient (Wildman–Crippen LogP) is 4.75. The highest BCUT2D eigenvalue weighted by Gasteiger charge is 2.59. The van der Waals surface area contributed by atoms with Crippen LogP contribution in [-0.4, -0.2) is 67.2 Å². The van der Waals surface area contributed by atoms with Crippen molar-refractivity contribution in [3.63, 3.8) is 0 Å². The maximum absolute atomic E-state index is 6.10. The number of nitrogens with one attached hydrogen (secondary N) is 1. The molecule has 4 fully saturated rings. The minimum atomic E-state index is -0.488. The number of ether oxygens (including phenoxy) is 3. The van der Waals surface area contributed by atoms with Crippen molar-refractivity contribution in [2.24, 2.45) is 4.99 Å². The van der Waals surface area contributed by atoms with Crippen molar-refractivity contribution in [2.45, 2.75) is 57.3 Å². The third kappa shape index (κ3) is 5.91. The van der Waals surface area contributed by atoms with Gasteiger partial charge in [-0.15, -0.1) is 0 Å². The number of hydrogen-bond acceptors (Lipinski definition) is 7. The number of amidine groups is 1. The van der Waals surface area contributed by atoms with Crippen LogP contribution in [0.3, 0.4) is 0 Å². The van der Waals surface area contributed by atoms with Crippen molar-refractivity contribution in [3.8, 4) is 16.9 Å². The third-order valence-electron chi connectivity index (χ3n) is 7.72. The first kappa shape index (κ1) is 24.6. The van der Waals surface area contributed by atoms with Gasteiger partial charge in [-0.25, -0.2) is 4.99 Å². The Morgan fingerprint density at radius 1 is 1.03 bits per heavy atom. The Morgan fingerprint density at radius 2 is 1.86 bits per heavy atom. The van der Waals surface area contributed by atoms with E-state index in [4.69, 9.17) is 14.2 Å². The highest BCUT2D eigenvalue weighted by Crippen LogP contribution is 2.43. The van der Waals surface area contributed by atoms with E-state index in [2.05, 4.69) is 74.7 Å². The van der Waals surface area contributed by atoms with Gasteiger partial charge in [0.05, 0.1) is 6.54 Å². The van der Waals surface area contributed by atoms with Crippen molar-refractivity contribution < 1.29 is 14.2 Å². The first-order valence-electron chi connectivity index (χ1n) is 13.9. The second kappa shape index (κ2) is 11.4. The molecule has 0 amide bonds. The first-order valence-corrected chi connectivity index (χ1v) is 13.9. The summed E-state index contributed by atoms with van der Waals surface area (Å²) in [6.07, 6.45) is 10.5. The van der Waals surface area contributed by atoms with Crippen LogP contribution in [0.15, 0.2) is 65.8 Å². The fourth-order valence-corrected chi connectivity index (χ4v) is 5.64. The quantitative estimate of drug-likeness (QED) is 0.474. The summed E-state index contributed by atoms with van der Waals surface area (Å²) >= 11 is 0. The Kier molecular flexibility index (Phi) is 7.55. The van der Waals surface area contributed by atoms with Crippen LogP contribution in [0.1, 0.15) is 44.1 Å². The van der Waals surface area contributed by atoms with Gasteiger partial charge in [0.2, 0.25) is 6.41 Å². The fourth-order valence-electron chi connectivity index (χ4n) is 5.64. The topological polar surface area (TPSA) is 58.6 Å².